The van der Waals surface area contributed by atoms with Crippen LogP contribution in [0.5, 0.6) is 0 Å². The van der Waals surface area contributed by atoms with E-state index in [-0.39, 0.29) is 29.9 Å². The van der Waals surface area contributed by atoms with Crippen molar-refractivity contribution in [3.05, 3.63) is 35.4 Å². The smallest absolute Gasteiger partial charge is 0.223 e. The van der Waals surface area contributed by atoms with E-state index in [4.69, 9.17) is 14.5 Å². The number of carbonyl (C=O) groups excluding carboxylic acids is 1. The Kier molecular flexibility index (Phi) is 12.3. The molecule has 32 heavy (non-hydrogen) atoms. The lowest BCUT2D eigenvalue weighted by atomic mass is 10.1. The van der Waals surface area contributed by atoms with E-state index in [1.165, 1.54) is 11.1 Å². The molecule has 8 heteroatoms. The lowest BCUT2D eigenvalue weighted by Gasteiger charge is -2.34. The fourth-order valence-corrected chi connectivity index (χ4v) is 4.20. The van der Waals surface area contributed by atoms with Crippen molar-refractivity contribution in [1.82, 2.24) is 15.1 Å². The molecule has 1 fully saturated rings. The number of likely N-dealkylation sites (tertiary alicyclic amines) is 1. The van der Waals surface area contributed by atoms with E-state index in [0.29, 0.717) is 19.1 Å². The maximum atomic E-state index is 12.6. The molecular weight excluding hydrogens is 519 g/mol. The van der Waals surface area contributed by atoms with E-state index >= 15 is 0 Å². The quantitative estimate of drug-likeness (QED) is 0.207. The number of benzene rings is 1. The molecule has 1 amide bonds. The van der Waals surface area contributed by atoms with E-state index in [1.807, 2.05) is 17.0 Å². The second-order valence-corrected chi connectivity index (χ2v) is 8.26. The van der Waals surface area contributed by atoms with Crippen molar-refractivity contribution in [2.45, 2.75) is 58.2 Å². The third kappa shape index (κ3) is 8.19. The van der Waals surface area contributed by atoms with Crippen LogP contribution in [-0.2, 0) is 27.4 Å². The molecule has 3 rings (SSSR count). The third-order valence-electron chi connectivity index (χ3n) is 5.93. The maximum Gasteiger partial charge on any atom is 0.223 e. The first-order chi connectivity index (χ1) is 15.2. The Morgan fingerprint density at radius 2 is 1.78 bits per heavy atom. The number of fused-ring (bicyclic) bond motifs is 1. The SMILES string of the molecule is CCNC(=NCCCC(=O)N1Cc2ccccc2C1)N1CCC(OCCCOC)CC1.I. The number of aliphatic imine (C=N–C) groups is 1. The van der Waals surface area contributed by atoms with Crippen LogP contribution in [0.3, 0.4) is 0 Å². The number of rotatable bonds is 10. The topological polar surface area (TPSA) is 66.4 Å². The molecule has 2 aliphatic rings. The van der Waals surface area contributed by atoms with E-state index in [2.05, 4.69) is 29.3 Å². The largest absolute Gasteiger partial charge is 0.385 e. The van der Waals surface area contributed by atoms with Crippen LogP contribution in [0.4, 0.5) is 0 Å². The summed E-state index contributed by atoms with van der Waals surface area (Å²) in [6.45, 7) is 8.51. The monoisotopic (exact) mass is 558 g/mol. The van der Waals surface area contributed by atoms with Crippen molar-refractivity contribution in [1.29, 1.82) is 0 Å². The number of carbonyl (C=O) groups is 1. The number of amides is 1. The van der Waals surface area contributed by atoms with Crippen LogP contribution in [-0.4, -0.2) is 74.3 Å². The molecule has 0 atom stereocenters. The summed E-state index contributed by atoms with van der Waals surface area (Å²) in [5, 5.41) is 3.41. The highest BCUT2D eigenvalue weighted by Crippen LogP contribution is 2.23. The van der Waals surface area contributed by atoms with Gasteiger partial charge in [0.25, 0.3) is 0 Å². The van der Waals surface area contributed by atoms with Crippen LogP contribution in [0.1, 0.15) is 50.2 Å². The summed E-state index contributed by atoms with van der Waals surface area (Å²) in [7, 11) is 1.72. The number of piperidine rings is 1. The highest BCUT2D eigenvalue weighted by molar-refractivity contribution is 14.0. The summed E-state index contributed by atoms with van der Waals surface area (Å²) in [5.74, 6) is 1.18. The predicted octanol–water partition coefficient (Wildman–Crippen LogP) is 3.41. The van der Waals surface area contributed by atoms with Crippen LogP contribution in [0.2, 0.25) is 0 Å². The summed E-state index contributed by atoms with van der Waals surface area (Å²) in [5.41, 5.74) is 2.55. The summed E-state index contributed by atoms with van der Waals surface area (Å²) >= 11 is 0. The molecule has 1 aromatic carbocycles. The number of guanidine groups is 1. The fraction of sp³-hybridized carbons (Fsp3) is 0.667. The Labute approximate surface area is 209 Å². The van der Waals surface area contributed by atoms with Gasteiger partial charge in [-0.2, -0.15) is 0 Å². The minimum Gasteiger partial charge on any atom is -0.385 e. The summed E-state index contributed by atoms with van der Waals surface area (Å²) in [6, 6.07) is 8.31. The van der Waals surface area contributed by atoms with Crippen LogP contribution in [0, 0.1) is 0 Å². The molecule has 0 aromatic heterocycles. The van der Waals surface area contributed by atoms with Gasteiger partial charge in [0.1, 0.15) is 0 Å². The average Bonchev–Trinajstić information content (AvgIpc) is 3.24. The van der Waals surface area contributed by atoms with Gasteiger partial charge in [-0.25, -0.2) is 0 Å². The number of hydrogen-bond donors (Lipinski definition) is 1. The van der Waals surface area contributed by atoms with Crippen molar-refractivity contribution < 1.29 is 14.3 Å². The Bertz CT molecular complexity index is 698. The van der Waals surface area contributed by atoms with Crippen LogP contribution in [0.25, 0.3) is 0 Å². The second kappa shape index (κ2) is 14.7. The number of ether oxygens (including phenoxy) is 2. The lowest BCUT2D eigenvalue weighted by Crippen LogP contribution is -2.47. The van der Waals surface area contributed by atoms with Gasteiger partial charge in [0.2, 0.25) is 5.91 Å². The number of hydrogen-bond acceptors (Lipinski definition) is 4. The molecule has 2 heterocycles. The Hall–Kier alpha value is -1.39. The molecule has 0 radical (unpaired) electrons. The third-order valence-corrected chi connectivity index (χ3v) is 5.93. The molecule has 0 unspecified atom stereocenters. The first kappa shape index (κ1) is 26.9. The molecule has 7 nitrogen and oxygen atoms in total. The Morgan fingerprint density at radius 3 is 2.41 bits per heavy atom. The van der Waals surface area contributed by atoms with Gasteiger partial charge in [0.05, 0.1) is 6.10 Å². The molecule has 1 N–H and O–H groups in total. The molecule has 2 aliphatic heterocycles. The van der Waals surface area contributed by atoms with Crippen molar-refractivity contribution in [2.75, 3.05) is 46.5 Å². The zero-order valence-corrected chi connectivity index (χ0v) is 21.9. The summed E-state index contributed by atoms with van der Waals surface area (Å²) < 4.78 is 11.0. The normalized spacial score (nSPS) is 16.6. The molecule has 1 saturated heterocycles. The molecule has 0 aliphatic carbocycles. The maximum absolute atomic E-state index is 12.6. The van der Waals surface area contributed by atoms with Gasteiger partial charge in [-0.05, 0) is 43.7 Å². The Balaban J connectivity index is 0.00000363. The zero-order chi connectivity index (χ0) is 21.9. The molecule has 0 saturated carbocycles. The van der Waals surface area contributed by atoms with Crippen molar-refractivity contribution >= 4 is 35.8 Å². The zero-order valence-electron chi connectivity index (χ0n) is 19.6. The van der Waals surface area contributed by atoms with Crippen LogP contribution < -0.4 is 5.32 Å². The molecular formula is C24H39IN4O3. The van der Waals surface area contributed by atoms with E-state index < -0.39 is 0 Å². The van der Waals surface area contributed by atoms with Gasteiger partial charge in [-0.3, -0.25) is 9.79 Å². The van der Waals surface area contributed by atoms with Gasteiger partial charge in [0, 0.05) is 66.0 Å². The van der Waals surface area contributed by atoms with Crippen LogP contribution in [0.15, 0.2) is 29.3 Å². The van der Waals surface area contributed by atoms with Gasteiger partial charge >= 0.3 is 0 Å². The Morgan fingerprint density at radius 1 is 1.09 bits per heavy atom. The lowest BCUT2D eigenvalue weighted by molar-refractivity contribution is -0.131. The average molecular weight is 559 g/mol. The fourth-order valence-electron chi connectivity index (χ4n) is 4.20. The number of methoxy groups -OCH3 is 1. The first-order valence-corrected chi connectivity index (χ1v) is 11.7. The molecule has 180 valence electrons. The van der Waals surface area contributed by atoms with E-state index in [9.17, 15) is 4.79 Å². The van der Waals surface area contributed by atoms with Crippen molar-refractivity contribution in [2.24, 2.45) is 4.99 Å². The van der Waals surface area contributed by atoms with E-state index in [0.717, 1.165) is 77.6 Å². The predicted molar refractivity (Wildman–Crippen MR) is 138 cm³/mol. The van der Waals surface area contributed by atoms with Crippen molar-refractivity contribution in [3.8, 4) is 0 Å². The first-order valence-electron chi connectivity index (χ1n) is 11.7. The summed E-state index contributed by atoms with van der Waals surface area (Å²) in [6.07, 6.45) is 4.64. The number of halogens is 1. The second-order valence-electron chi connectivity index (χ2n) is 8.26. The number of nitrogens with zero attached hydrogens (tertiary/aromatic N) is 3. The minimum atomic E-state index is 0. The highest BCUT2D eigenvalue weighted by Gasteiger charge is 2.23. The highest BCUT2D eigenvalue weighted by atomic mass is 127. The summed E-state index contributed by atoms with van der Waals surface area (Å²) in [4.78, 5) is 21.6. The van der Waals surface area contributed by atoms with Crippen LogP contribution >= 0.6 is 24.0 Å². The molecule has 1 aromatic rings. The standard InChI is InChI=1S/C24H38N4O3.HI/c1-3-25-24(27-14-11-22(12-15-27)31-17-7-16-30-2)26-13-6-10-23(29)28-18-20-8-4-5-9-21(20)19-28;/h4-5,8-9,22H,3,6-7,10-19H2,1-2H3,(H,25,26);1H. The number of nitrogens with one attached hydrogen (secondary N) is 1. The van der Waals surface area contributed by atoms with Gasteiger partial charge in [0.15, 0.2) is 5.96 Å². The van der Waals surface area contributed by atoms with Gasteiger partial charge in [-0.15, -0.1) is 24.0 Å². The molecule has 0 spiro atoms. The van der Waals surface area contributed by atoms with Crippen molar-refractivity contribution in [3.63, 3.8) is 0 Å². The molecule has 0 bridgehead atoms. The minimum absolute atomic E-state index is 0. The van der Waals surface area contributed by atoms with Gasteiger partial charge in [-0.1, -0.05) is 24.3 Å². The van der Waals surface area contributed by atoms with Gasteiger partial charge < -0.3 is 24.6 Å². The van der Waals surface area contributed by atoms with E-state index in [1.54, 1.807) is 7.11 Å².